The van der Waals surface area contributed by atoms with Crippen LogP contribution in [0, 0.1) is 5.95 Å². The van der Waals surface area contributed by atoms with Crippen molar-refractivity contribution in [2.45, 2.75) is 0 Å². The molecular weight excluding hydrogens is 314 g/mol. The molecular formula is C12H7FN4OSe. The maximum absolute atomic E-state index is 13.0. The molecule has 0 atom stereocenters. The van der Waals surface area contributed by atoms with Crippen LogP contribution in [0.4, 0.5) is 21.5 Å². The van der Waals surface area contributed by atoms with Gasteiger partial charge >= 0.3 is 113 Å². The number of nitrogens with one attached hydrogen (secondary N) is 1. The molecule has 3 rings (SSSR count). The van der Waals surface area contributed by atoms with Gasteiger partial charge in [0.25, 0.3) is 0 Å². The number of amides is 1. The van der Waals surface area contributed by atoms with E-state index >= 15 is 0 Å². The zero-order valence-electron chi connectivity index (χ0n) is 9.50. The molecule has 19 heavy (non-hydrogen) atoms. The van der Waals surface area contributed by atoms with Gasteiger partial charge in [-0.3, -0.25) is 0 Å². The van der Waals surface area contributed by atoms with Crippen LogP contribution in [0.3, 0.4) is 0 Å². The molecule has 0 saturated heterocycles. The number of hydrogen-bond donors (Lipinski definition) is 1. The van der Waals surface area contributed by atoms with E-state index in [4.69, 9.17) is 0 Å². The Morgan fingerprint density at radius 1 is 1.16 bits per heavy atom. The molecule has 0 saturated carbocycles. The number of rotatable bonds is 2. The number of nitrogens with zero attached hydrogens (tertiary/aromatic N) is 3. The van der Waals surface area contributed by atoms with Gasteiger partial charge in [0, 0.05) is 0 Å². The van der Waals surface area contributed by atoms with Gasteiger partial charge in [0.05, 0.1) is 0 Å². The van der Waals surface area contributed by atoms with Crippen molar-refractivity contribution < 1.29 is 9.18 Å². The summed E-state index contributed by atoms with van der Waals surface area (Å²) >= 11 is -0.166. The second-order valence-electron chi connectivity index (χ2n) is 3.74. The van der Waals surface area contributed by atoms with Crippen molar-refractivity contribution in [2.24, 2.45) is 7.92 Å². The molecule has 7 heteroatoms. The Morgan fingerprint density at radius 2 is 2.00 bits per heavy atom. The molecule has 0 unspecified atom stereocenters. The van der Waals surface area contributed by atoms with E-state index < -0.39 is 11.9 Å². The first-order valence-corrected chi connectivity index (χ1v) is 6.92. The molecule has 1 aromatic carbocycles. The summed E-state index contributed by atoms with van der Waals surface area (Å²) in [7, 11) is 0. The fourth-order valence-corrected chi connectivity index (χ4v) is 2.78. The number of carbonyl (C=O) groups is 1. The Kier molecular flexibility index (Phi) is 3.06. The van der Waals surface area contributed by atoms with Crippen LogP contribution < -0.4 is 5.32 Å². The molecule has 1 aliphatic rings. The molecule has 0 spiro atoms. The topological polar surface area (TPSA) is 66.7 Å². The first-order chi connectivity index (χ1) is 9.24. The van der Waals surface area contributed by atoms with Crippen molar-refractivity contribution in [3.8, 4) is 0 Å². The van der Waals surface area contributed by atoms with Crippen LogP contribution in [-0.4, -0.2) is 25.5 Å². The number of benzene rings is 1. The second kappa shape index (κ2) is 4.87. The molecule has 2 heterocycles. The zero-order valence-corrected chi connectivity index (χ0v) is 11.2. The van der Waals surface area contributed by atoms with Gasteiger partial charge in [-0.05, 0) is 0 Å². The first kappa shape index (κ1) is 12.0. The fourth-order valence-electron chi connectivity index (χ4n) is 1.63. The maximum atomic E-state index is 13.0. The molecule has 1 amide bonds. The van der Waals surface area contributed by atoms with Crippen LogP contribution in [0.5, 0.6) is 0 Å². The van der Waals surface area contributed by atoms with E-state index in [1.807, 2.05) is 6.07 Å². The van der Waals surface area contributed by atoms with Gasteiger partial charge in [-0.15, -0.1) is 0 Å². The Morgan fingerprint density at radius 3 is 2.84 bits per heavy atom. The van der Waals surface area contributed by atoms with Crippen molar-refractivity contribution in [1.29, 1.82) is 0 Å². The normalized spacial score (nSPS) is 11.8. The van der Waals surface area contributed by atoms with Crippen molar-refractivity contribution >= 4 is 37.5 Å². The quantitative estimate of drug-likeness (QED) is 0.582. The van der Waals surface area contributed by atoms with Gasteiger partial charge in [-0.2, -0.15) is 0 Å². The van der Waals surface area contributed by atoms with Crippen molar-refractivity contribution in [1.82, 2.24) is 4.98 Å². The number of hydrogen-bond acceptors (Lipinski definition) is 4. The summed E-state index contributed by atoms with van der Waals surface area (Å²) in [5.74, 6) is -1.16. The number of anilines is 1. The third-order valence-corrected chi connectivity index (χ3v) is 3.62. The van der Waals surface area contributed by atoms with Crippen molar-refractivity contribution in [2.75, 3.05) is 5.32 Å². The van der Waals surface area contributed by atoms with Crippen LogP contribution in [0.15, 0.2) is 44.3 Å². The first-order valence-electron chi connectivity index (χ1n) is 5.39. The van der Waals surface area contributed by atoms with E-state index in [-0.39, 0.29) is 20.3 Å². The van der Waals surface area contributed by atoms with E-state index in [0.29, 0.717) is 11.4 Å². The number of carbonyl (C=O) groups excluding carboxylic acids is 1. The van der Waals surface area contributed by atoms with E-state index in [0.717, 1.165) is 5.69 Å². The number of pyridine rings is 1. The minimum atomic E-state index is -0.686. The number of aromatic nitrogens is 1. The summed E-state index contributed by atoms with van der Waals surface area (Å²) in [5.41, 5.74) is 2.03. The van der Waals surface area contributed by atoms with Crippen molar-refractivity contribution in [3.63, 3.8) is 0 Å². The van der Waals surface area contributed by atoms with E-state index in [9.17, 15) is 9.18 Å². The van der Waals surface area contributed by atoms with Gasteiger partial charge < -0.3 is 0 Å². The van der Waals surface area contributed by atoms with Gasteiger partial charge in [-0.25, -0.2) is 0 Å². The molecule has 5 nitrogen and oxygen atoms in total. The van der Waals surface area contributed by atoms with E-state index in [1.54, 1.807) is 12.1 Å². The van der Waals surface area contributed by atoms with Gasteiger partial charge in [0.2, 0.25) is 0 Å². The monoisotopic (exact) mass is 322 g/mol. The summed E-state index contributed by atoms with van der Waals surface area (Å²) in [4.78, 5) is 15.5. The summed E-state index contributed by atoms with van der Waals surface area (Å²) < 4.78 is 21.4. The third kappa shape index (κ3) is 2.38. The third-order valence-electron chi connectivity index (χ3n) is 2.48. The van der Waals surface area contributed by atoms with Gasteiger partial charge in [0.1, 0.15) is 0 Å². The summed E-state index contributed by atoms with van der Waals surface area (Å²) in [6, 6.07) is 9.43. The zero-order chi connectivity index (χ0) is 13.2. The number of fused-ring (bicyclic) bond motifs is 1. The average Bonchev–Trinajstić information content (AvgIpc) is 2.88. The molecule has 1 N–H and O–H groups in total. The molecule has 1 aliphatic heterocycles. The fraction of sp³-hybridized carbons (Fsp3) is 0. The SMILES string of the molecule is O=C(Nc1cccc2c1N=[Se]=N2)c1cccc(F)n1. The molecule has 0 fully saturated rings. The standard InChI is InChI=1S/C12H7FN4OSe/c13-10-6-2-5-9(14-10)12(18)15-7-3-1-4-8-11(7)17-19-16-8/h1-6H,(H,15,18). The van der Waals surface area contributed by atoms with Crippen LogP contribution in [-0.2, 0) is 0 Å². The molecule has 0 bridgehead atoms. The Hall–Kier alpha value is -2.11. The van der Waals surface area contributed by atoms with Gasteiger partial charge in [-0.1, -0.05) is 0 Å². The molecule has 0 aliphatic carbocycles. The van der Waals surface area contributed by atoms with Crippen LogP contribution >= 0.6 is 0 Å². The molecule has 2 aromatic rings. The van der Waals surface area contributed by atoms with Gasteiger partial charge in [0.15, 0.2) is 0 Å². The predicted octanol–water partition coefficient (Wildman–Crippen LogP) is 2.82. The minimum absolute atomic E-state index is 0.0260. The Labute approximate surface area is 113 Å². The van der Waals surface area contributed by atoms with E-state index in [1.165, 1.54) is 18.2 Å². The number of halogens is 1. The van der Waals surface area contributed by atoms with Crippen LogP contribution in [0.25, 0.3) is 0 Å². The molecule has 94 valence electrons. The predicted molar refractivity (Wildman–Crippen MR) is 68.5 cm³/mol. The molecule has 0 radical (unpaired) electrons. The Balaban J connectivity index is 1.89. The van der Waals surface area contributed by atoms with Crippen LogP contribution in [0.2, 0.25) is 0 Å². The Bertz CT molecular complexity index is 740. The summed E-state index contributed by atoms with van der Waals surface area (Å²) in [5, 5.41) is 2.67. The second-order valence-corrected chi connectivity index (χ2v) is 4.85. The molecule has 1 aromatic heterocycles. The van der Waals surface area contributed by atoms with E-state index in [2.05, 4.69) is 18.2 Å². The average molecular weight is 321 g/mol. The van der Waals surface area contributed by atoms with Crippen LogP contribution in [0.1, 0.15) is 10.5 Å². The summed E-state index contributed by atoms with van der Waals surface area (Å²) in [6.07, 6.45) is 0. The van der Waals surface area contributed by atoms with Crippen molar-refractivity contribution in [3.05, 3.63) is 48.0 Å². The summed E-state index contributed by atoms with van der Waals surface area (Å²) in [6.45, 7) is 0.